The number of nitrogens with zero attached hydrogens (tertiary/aromatic N) is 1. The van der Waals surface area contributed by atoms with Gasteiger partial charge in [0.25, 0.3) is 0 Å². The van der Waals surface area contributed by atoms with Crippen LogP contribution < -0.4 is 5.73 Å². The van der Waals surface area contributed by atoms with E-state index in [-0.39, 0.29) is 0 Å². The van der Waals surface area contributed by atoms with Gasteiger partial charge in [-0.3, -0.25) is 0 Å². The Morgan fingerprint density at radius 3 is 2.55 bits per heavy atom. The van der Waals surface area contributed by atoms with Crippen molar-refractivity contribution < 1.29 is 8.42 Å². The molecule has 0 aromatic heterocycles. The van der Waals surface area contributed by atoms with Crippen LogP contribution in [0.3, 0.4) is 0 Å². The van der Waals surface area contributed by atoms with Gasteiger partial charge in [0.15, 0.2) is 0 Å². The first kappa shape index (κ1) is 8.96. The van der Waals surface area contributed by atoms with Gasteiger partial charge in [-0.2, -0.15) is 0 Å². The Balaban J connectivity index is 2.55. The van der Waals surface area contributed by atoms with Crippen LogP contribution in [-0.2, 0) is 10.0 Å². The van der Waals surface area contributed by atoms with E-state index in [1.165, 1.54) is 10.6 Å². The lowest BCUT2D eigenvalue weighted by atomic mass is 10.1. The van der Waals surface area contributed by atoms with Crippen molar-refractivity contribution in [3.63, 3.8) is 0 Å². The summed E-state index contributed by atoms with van der Waals surface area (Å²) < 4.78 is 23.5. The summed E-state index contributed by atoms with van der Waals surface area (Å²) in [5.74, 6) is 0.365. The molecule has 0 spiro atoms. The molecule has 0 aliphatic carbocycles. The number of sulfonamides is 1. The molecule has 0 aromatic carbocycles. The molecular formula is C6H14N2O2S. The molecule has 1 saturated heterocycles. The molecule has 4 nitrogen and oxygen atoms in total. The molecule has 0 amide bonds. The molecule has 1 aliphatic heterocycles. The molecule has 0 aromatic rings. The quantitative estimate of drug-likeness (QED) is 0.603. The van der Waals surface area contributed by atoms with Gasteiger partial charge in [0, 0.05) is 13.1 Å². The van der Waals surface area contributed by atoms with Crippen molar-refractivity contribution in [2.45, 2.75) is 6.42 Å². The standard InChI is InChI=1S/C6H14N2O2S/c1-11(9,10)8-3-2-6(4-7)5-8/h6H,2-5,7H2,1H3/t6-/m0/s1. The van der Waals surface area contributed by atoms with Gasteiger partial charge in [0.1, 0.15) is 0 Å². The fourth-order valence-electron chi connectivity index (χ4n) is 1.29. The number of hydrogen-bond donors (Lipinski definition) is 1. The lowest BCUT2D eigenvalue weighted by Gasteiger charge is -2.11. The van der Waals surface area contributed by atoms with Crippen LogP contribution in [0.4, 0.5) is 0 Å². The van der Waals surface area contributed by atoms with Gasteiger partial charge in [-0.1, -0.05) is 0 Å². The highest BCUT2D eigenvalue weighted by Crippen LogP contribution is 2.16. The molecule has 0 saturated carbocycles. The molecule has 66 valence electrons. The summed E-state index contributed by atoms with van der Waals surface area (Å²) in [6, 6.07) is 0. The highest BCUT2D eigenvalue weighted by atomic mass is 32.2. The van der Waals surface area contributed by atoms with Crippen molar-refractivity contribution in [2.24, 2.45) is 11.7 Å². The van der Waals surface area contributed by atoms with Gasteiger partial charge < -0.3 is 5.73 Å². The van der Waals surface area contributed by atoms with Gasteiger partial charge in [-0.25, -0.2) is 12.7 Å². The third-order valence-corrected chi connectivity index (χ3v) is 3.32. The summed E-state index contributed by atoms with van der Waals surface area (Å²) in [7, 11) is -2.97. The molecule has 2 N–H and O–H groups in total. The zero-order chi connectivity index (χ0) is 8.48. The average Bonchev–Trinajstić information content (AvgIpc) is 2.32. The number of hydrogen-bond acceptors (Lipinski definition) is 3. The third-order valence-electron chi connectivity index (χ3n) is 2.05. The van der Waals surface area contributed by atoms with Crippen LogP contribution in [0.25, 0.3) is 0 Å². The Morgan fingerprint density at radius 2 is 2.27 bits per heavy atom. The SMILES string of the molecule is CS(=O)(=O)N1CC[C@@H](CN)C1. The normalized spacial score (nSPS) is 27.6. The van der Waals surface area contributed by atoms with Crippen LogP contribution in [0.15, 0.2) is 0 Å². The van der Waals surface area contributed by atoms with E-state index in [1.54, 1.807) is 0 Å². The number of rotatable bonds is 2. The predicted octanol–water partition coefficient (Wildman–Crippen LogP) is -0.773. The average molecular weight is 178 g/mol. The van der Waals surface area contributed by atoms with Crippen LogP contribution in [0.2, 0.25) is 0 Å². The monoisotopic (exact) mass is 178 g/mol. The highest BCUT2D eigenvalue weighted by Gasteiger charge is 2.27. The van der Waals surface area contributed by atoms with Crippen molar-refractivity contribution in [3.05, 3.63) is 0 Å². The van der Waals surface area contributed by atoms with E-state index in [4.69, 9.17) is 5.73 Å². The van der Waals surface area contributed by atoms with E-state index in [0.29, 0.717) is 25.6 Å². The Labute approximate surface area is 67.4 Å². The van der Waals surface area contributed by atoms with Crippen LogP contribution in [-0.4, -0.2) is 38.6 Å². The molecule has 0 radical (unpaired) electrons. The first-order valence-corrected chi connectivity index (χ1v) is 5.54. The number of nitrogens with two attached hydrogens (primary N) is 1. The van der Waals surface area contributed by atoms with Gasteiger partial charge in [0.2, 0.25) is 10.0 Å². The zero-order valence-electron chi connectivity index (χ0n) is 6.66. The van der Waals surface area contributed by atoms with Crippen molar-refractivity contribution in [1.82, 2.24) is 4.31 Å². The van der Waals surface area contributed by atoms with Crippen molar-refractivity contribution in [1.29, 1.82) is 0 Å². The van der Waals surface area contributed by atoms with E-state index in [0.717, 1.165) is 6.42 Å². The Hall–Kier alpha value is -0.130. The lowest BCUT2D eigenvalue weighted by molar-refractivity contribution is 0.464. The van der Waals surface area contributed by atoms with E-state index < -0.39 is 10.0 Å². The van der Waals surface area contributed by atoms with Gasteiger partial charge in [-0.15, -0.1) is 0 Å². The summed E-state index contributed by atoms with van der Waals surface area (Å²) in [6.45, 7) is 1.84. The largest absolute Gasteiger partial charge is 0.330 e. The molecule has 11 heavy (non-hydrogen) atoms. The molecule has 1 fully saturated rings. The van der Waals surface area contributed by atoms with E-state index in [2.05, 4.69) is 0 Å². The summed E-state index contributed by atoms with van der Waals surface area (Å²) in [5.41, 5.74) is 5.42. The van der Waals surface area contributed by atoms with Gasteiger partial charge in [-0.05, 0) is 18.9 Å². The van der Waals surface area contributed by atoms with E-state index in [9.17, 15) is 8.42 Å². The maximum Gasteiger partial charge on any atom is 0.211 e. The summed E-state index contributed by atoms with van der Waals surface area (Å²) in [4.78, 5) is 0. The second-order valence-electron chi connectivity index (χ2n) is 3.01. The van der Waals surface area contributed by atoms with Gasteiger partial charge >= 0.3 is 0 Å². The first-order chi connectivity index (χ1) is 5.04. The summed E-state index contributed by atoms with van der Waals surface area (Å²) >= 11 is 0. The molecule has 5 heteroatoms. The maximum atomic E-state index is 11.0. The summed E-state index contributed by atoms with van der Waals surface area (Å²) in [6.07, 6.45) is 2.15. The minimum Gasteiger partial charge on any atom is -0.330 e. The van der Waals surface area contributed by atoms with Crippen molar-refractivity contribution in [2.75, 3.05) is 25.9 Å². The topological polar surface area (TPSA) is 63.4 Å². The second kappa shape index (κ2) is 3.08. The molecule has 1 aliphatic rings. The molecule has 0 unspecified atom stereocenters. The highest BCUT2D eigenvalue weighted by molar-refractivity contribution is 7.88. The van der Waals surface area contributed by atoms with Crippen LogP contribution in [0.5, 0.6) is 0 Å². The van der Waals surface area contributed by atoms with Gasteiger partial charge in [0.05, 0.1) is 6.26 Å². The second-order valence-corrected chi connectivity index (χ2v) is 4.99. The van der Waals surface area contributed by atoms with E-state index >= 15 is 0 Å². The zero-order valence-corrected chi connectivity index (χ0v) is 7.47. The smallest absolute Gasteiger partial charge is 0.211 e. The molecule has 1 atom stereocenters. The molecule has 0 bridgehead atoms. The Morgan fingerprint density at radius 1 is 1.64 bits per heavy atom. The van der Waals surface area contributed by atoms with Crippen LogP contribution in [0, 0.1) is 5.92 Å². The van der Waals surface area contributed by atoms with Crippen LogP contribution >= 0.6 is 0 Å². The van der Waals surface area contributed by atoms with Crippen molar-refractivity contribution >= 4 is 10.0 Å². The molecule has 1 heterocycles. The van der Waals surface area contributed by atoms with Crippen molar-refractivity contribution in [3.8, 4) is 0 Å². The Kier molecular flexibility index (Phi) is 2.51. The minimum atomic E-state index is -2.97. The van der Waals surface area contributed by atoms with E-state index in [1.807, 2.05) is 0 Å². The fourth-order valence-corrected chi connectivity index (χ4v) is 2.21. The maximum absolute atomic E-state index is 11.0. The van der Waals surface area contributed by atoms with Crippen LogP contribution in [0.1, 0.15) is 6.42 Å². The fraction of sp³-hybridized carbons (Fsp3) is 1.00. The first-order valence-electron chi connectivity index (χ1n) is 3.69. The Bertz CT molecular complexity index is 225. The minimum absolute atomic E-state index is 0.365. The molecule has 1 rings (SSSR count). The molecular weight excluding hydrogens is 164 g/mol. The predicted molar refractivity (Wildman–Crippen MR) is 43.6 cm³/mol. The lowest BCUT2D eigenvalue weighted by Crippen LogP contribution is -2.28. The third kappa shape index (κ3) is 2.15. The summed E-state index contributed by atoms with van der Waals surface area (Å²) in [5, 5.41) is 0.